The normalized spacial score (nSPS) is 21.5. The molecular weight excluding hydrogens is 383 g/mol. The smallest absolute Gasteiger partial charge is 0.422 e. The zero-order chi connectivity index (χ0) is 20.7. The average Bonchev–Trinajstić information content (AvgIpc) is 3.36. The van der Waals surface area contributed by atoms with Crippen LogP contribution in [0.25, 0.3) is 0 Å². The largest absolute Gasteiger partial charge is 0.468 e. The number of aliphatic imine (C=N–C) groups is 1. The van der Waals surface area contributed by atoms with Crippen molar-refractivity contribution in [2.45, 2.75) is 63.8 Å². The molecule has 6 nitrogen and oxygen atoms in total. The molecule has 1 saturated carbocycles. The van der Waals surface area contributed by atoms with E-state index in [1.54, 1.807) is 6.07 Å². The molecule has 3 rings (SSSR count). The molecule has 1 aliphatic carbocycles. The van der Waals surface area contributed by atoms with Gasteiger partial charge in [0.05, 0.1) is 6.54 Å². The van der Waals surface area contributed by atoms with Crippen molar-refractivity contribution in [3.8, 4) is 5.88 Å². The van der Waals surface area contributed by atoms with E-state index in [1.807, 2.05) is 6.92 Å². The maximum Gasteiger partial charge on any atom is 0.422 e. The Morgan fingerprint density at radius 3 is 2.72 bits per heavy atom. The first-order valence-electron chi connectivity index (χ1n) is 10.4. The van der Waals surface area contributed by atoms with Gasteiger partial charge in [0.25, 0.3) is 0 Å². The number of nitrogens with one attached hydrogen (secondary N) is 2. The van der Waals surface area contributed by atoms with Gasteiger partial charge >= 0.3 is 6.18 Å². The molecule has 2 N–H and O–H groups in total. The standard InChI is InChI=1S/C20H30F3N5O/c1-2-24-19(27-16-9-10-28(13-16)17-5-3-4-6-17)26-12-15-7-8-18(25-11-15)29-14-20(21,22)23/h7-8,11,16-17H,2-6,9-10,12-14H2,1H3,(H2,24,26,27). The number of likely N-dealkylation sites (tertiary alicyclic amines) is 1. The van der Waals surface area contributed by atoms with Crippen molar-refractivity contribution < 1.29 is 17.9 Å². The Kier molecular flexibility index (Phi) is 7.57. The molecule has 2 heterocycles. The Morgan fingerprint density at radius 2 is 2.07 bits per heavy atom. The topological polar surface area (TPSA) is 61.8 Å². The molecule has 1 aromatic rings. The monoisotopic (exact) mass is 413 g/mol. The van der Waals surface area contributed by atoms with E-state index in [1.165, 1.54) is 37.9 Å². The third-order valence-electron chi connectivity index (χ3n) is 5.35. The zero-order valence-electron chi connectivity index (χ0n) is 16.8. The van der Waals surface area contributed by atoms with Crippen molar-refractivity contribution >= 4 is 5.96 Å². The number of pyridine rings is 1. The number of hydrogen-bond donors (Lipinski definition) is 2. The van der Waals surface area contributed by atoms with Gasteiger partial charge < -0.3 is 15.4 Å². The molecule has 162 valence electrons. The molecular formula is C20H30F3N5O. The van der Waals surface area contributed by atoms with Crippen LogP contribution in [-0.2, 0) is 6.54 Å². The molecule has 29 heavy (non-hydrogen) atoms. The van der Waals surface area contributed by atoms with Crippen LogP contribution in [0.2, 0.25) is 0 Å². The van der Waals surface area contributed by atoms with Gasteiger partial charge in [-0.25, -0.2) is 9.98 Å². The molecule has 1 saturated heterocycles. The summed E-state index contributed by atoms with van der Waals surface area (Å²) >= 11 is 0. The summed E-state index contributed by atoms with van der Waals surface area (Å²) in [6.07, 6.45) is 3.55. The lowest BCUT2D eigenvalue weighted by Crippen LogP contribution is -2.45. The van der Waals surface area contributed by atoms with E-state index in [0.717, 1.165) is 43.6 Å². The van der Waals surface area contributed by atoms with Crippen molar-refractivity contribution in [1.82, 2.24) is 20.5 Å². The van der Waals surface area contributed by atoms with Gasteiger partial charge in [-0.2, -0.15) is 13.2 Å². The van der Waals surface area contributed by atoms with Gasteiger partial charge in [-0.15, -0.1) is 0 Å². The van der Waals surface area contributed by atoms with Gasteiger partial charge in [0.1, 0.15) is 0 Å². The Balaban J connectivity index is 1.50. The zero-order valence-corrected chi connectivity index (χ0v) is 16.8. The lowest BCUT2D eigenvalue weighted by atomic mass is 10.2. The molecule has 1 aromatic heterocycles. The molecule has 1 atom stereocenters. The van der Waals surface area contributed by atoms with Crippen LogP contribution in [0, 0.1) is 0 Å². The van der Waals surface area contributed by atoms with Crippen molar-refractivity contribution in [3.05, 3.63) is 23.9 Å². The molecule has 0 bridgehead atoms. The number of aromatic nitrogens is 1. The van der Waals surface area contributed by atoms with E-state index < -0.39 is 12.8 Å². The highest BCUT2D eigenvalue weighted by molar-refractivity contribution is 5.80. The summed E-state index contributed by atoms with van der Waals surface area (Å²) in [6, 6.07) is 4.24. The van der Waals surface area contributed by atoms with E-state index in [-0.39, 0.29) is 5.88 Å². The Hall–Kier alpha value is -2.03. The van der Waals surface area contributed by atoms with Crippen molar-refractivity contribution in [2.24, 2.45) is 4.99 Å². The Bertz CT molecular complexity index is 659. The van der Waals surface area contributed by atoms with Gasteiger partial charge in [-0.3, -0.25) is 4.90 Å². The average molecular weight is 413 g/mol. The first-order chi connectivity index (χ1) is 13.9. The van der Waals surface area contributed by atoms with E-state index in [2.05, 4.69) is 30.2 Å². The fourth-order valence-electron chi connectivity index (χ4n) is 3.94. The number of hydrogen-bond acceptors (Lipinski definition) is 4. The Morgan fingerprint density at radius 1 is 1.28 bits per heavy atom. The van der Waals surface area contributed by atoms with Crippen LogP contribution in [0.5, 0.6) is 5.88 Å². The summed E-state index contributed by atoms with van der Waals surface area (Å²) in [5.74, 6) is 0.709. The van der Waals surface area contributed by atoms with Crippen LogP contribution in [0.4, 0.5) is 13.2 Å². The lowest BCUT2D eigenvalue weighted by molar-refractivity contribution is -0.154. The fourth-order valence-corrected chi connectivity index (χ4v) is 3.94. The fraction of sp³-hybridized carbons (Fsp3) is 0.700. The minimum absolute atomic E-state index is 0.0435. The molecule has 2 aliphatic rings. The number of ether oxygens (including phenoxy) is 1. The van der Waals surface area contributed by atoms with Crippen LogP contribution >= 0.6 is 0 Å². The number of rotatable bonds is 7. The molecule has 0 aromatic carbocycles. The van der Waals surface area contributed by atoms with Gasteiger partial charge in [-0.05, 0) is 31.7 Å². The minimum atomic E-state index is -4.37. The number of halogens is 3. The summed E-state index contributed by atoms with van der Waals surface area (Å²) in [5, 5.41) is 6.78. The van der Waals surface area contributed by atoms with E-state index in [4.69, 9.17) is 0 Å². The predicted molar refractivity (Wildman–Crippen MR) is 106 cm³/mol. The second-order valence-corrected chi connectivity index (χ2v) is 7.67. The molecule has 1 aliphatic heterocycles. The highest BCUT2D eigenvalue weighted by Crippen LogP contribution is 2.26. The van der Waals surface area contributed by atoms with E-state index in [9.17, 15) is 13.2 Å². The second kappa shape index (κ2) is 10.1. The highest BCUT2D eigenvalue weighted by atomic mass is 19.4. The minimum Gasteiger partial charge on any atom is -0.468 e. The second-order valence-electron chi connectivity index (χ2n) is 7.67. The molecule has 0 radical (unpaired) electrons. The van der Waals surface area contributed by atoms with Crippen molar-refractivity contribution in [3.63, 3.8) is 0 Å². The summed E-state index contributed by atoms with van der Waals surface area (Å²) in [5.41, 5.74) is 0.806. The lowest BCUT2D eigenvalue weighted by Gasteiger charge is -2.24. The third kappa shape index (κ3) is 7.06. The quantitative estimate of drug-likeness (QED) is 0.531. The van der Waals surface area contributed by atoms with E-state index >= 15 is 0 Å². The van der Waals surface area contributed by atoms with Gasteiger partial charge in [0, 0.05) is 44.0 Å². The first kappa shape index (κ1) is 21.7. The predicted octanol–water partition coefficient (Wildman–Crippen LogP) is 3.09. The van der Waals surface area contributed by atoms with Crippen LogP contribution in [0.15, 0.2) is 23.3 Å². The SMILES string of the molecule is CCNC(=NCc1ccc(OCC(F)(F)F)nc1)NC1CCN(C2CCCC2)C1. The van der Waals surface area contributed by atoms with E-state index in [0.29, 0.717) is 12.6 Å². The summed E-state index contributed by atoms with van der Waals surface area (Å²) in [6.45, 7) is 4.00. The maximum absolute atomic E-state index is 12.2. The van der Waals surface area contributed by atoms with Crippen LogP contribution < -0.4 is 15.4 Å². The summed E-state index contributed by atoms with van der Waals surface area (Å²) in [4.78, 5) is 11.1. The van der Waals surface area contributed by atoms with Crippen LogP contribution in [0.1, 0.15) is 44.6 Å². The first-order valence-corrected chi connectivity index (χ1v) is 10.4. The van der Waals surface area contributed by atoms with Crippen LogP contribution in [0.3, 0.4) is 0 Å². The molecule has 1 unspecified atom stereocenters. The summed E-state index contributed by atoms with van der Waals surface area (Å²) < 4.78 is 41.2. The van der Waals surface area contributed by atoms with Gasteiger partial charge in [-0.1, -0.05) is 18.9 Å². The number of alkyl halides is 3. The van der Waals surface area contributed by atoms with Crippen LogP contribution in [-0.4, -0.2) is 60.3 Å². The van der Waals surface area contributed by atoms with Crippen molar-refractivity contribution in [1.29, 1.82) is 0 Å². The number of guanidine groups is 1. The highest BCUT2D eigenvalue weighted by Gasteiger charge is 2.30. The maximum atomic E-state index is 12.2. The Labute approximate surface area is 169 Å². The van der Waals surface area contributed by atoms with Gasteiger partial charge in [0.15, 0.2) is 12.6 Å². The third-order valence-corrected chi connectivity index (χ3v) is 5.35. The molecule has 0 spiro atoms. The molecule has 0 amide bonds. The molecule has 9 heteroatoms. The van der Waals surface area contributed by atoms with Gasteiger partial charge in [0.2, 0.25) is 5.88 Å². The summed E-state index contributed by atoms with van der Waals surface area (Å²) in [7, 11) is 0. The number of nitrogens with zero attached hydrogens (tertiary/aromatic N) is 3. The van der Waals surface area contributed by atoms with Crippen molar-refractivity contribution in [2.75, 3.05) is 26.2 Å². The molecule has 2 fully saturated rings.